The minimum Gasteiger partial charge on any atom is -0.461 e. The van der Waals surface area contributed by atoms with E-state index in [1.165, 1.54) is 11.9 Å². The van der Waals surface area contributed by atoms with Crippen LogP contribution in [0.15, 0.2) is 30.3 Å². The second kappa shape index (κ2) is 9.22. The average Bonchev–Trinajstić information content (AvgIpc) is 2.56. The first-order valence-corrected chi connectivity index (χ1v) is 8.38. The van der Waals surface area contributed by atoms with Gasteiger partial charge in [-0.1, -0.05) is 30.3 Å². The summed E-state index contributed by atoms with van der Waals surface area (Å²) in [6.07, 6.45) is -0.923. The van der Waals surface area contributed by atoms with Crippen LogP contribution in [-0.4, -0.2) is 60.6 Å². The lowest BCUT2D eigenvalue weighted by molar-refractivity contribution is -0.149. The van der Waals surface area contributed by atoms with Gasteiger partial charge in [0.25, 0.3) is 0 Å². The number of hydrogen-bond acceptors (Lipinski definition) is 5. The first-order valence-electron chi connectivity index (χ1n) is 8.38. The zero-order valence-electron chi connectivity index (χ0n) is 16.3. The predicted molar refractivity (Wildman–Crippen MR) is 97.3 cm³/mol. The summed E-state index contributed by atoms with van der Waals surface area (Å²) in [5, 5.41) is 0. The highest BCUT2D eigenvalue weighted by atomic mass is 16.6. The molecule has 144 valence electrons. The van der Waals surface area contributed by atoms with E-state index < -0.39 is 23.7 Å². The number of esters is 1. The number of nitrogens with zero attached hydrogens (tertiary/aromatic N) is 2. The minimum atomic E-state index is -0.997. The maximum atomic E-state index is 12.4. The van der Waals surface area contributed by atoms with Crippen LogP contribution in [0.25, 0.3) is 0 Å². The number of rotatable bonds is 6. The third kappa shape index (κ3) is 7.13. The fourth-order valence-corrected chi connectivity index (χ4v) is 2.10. The second-order valence-corrected chi connectivity index (χ2v) is 7.19. The fraction of sp³-hybridized carbons (Fsp3) is 0.526. The van der Waals surface area contributed by atoms with E-state index in [9.17, 15) is 14.4 Å². The van der Waals surface area contributed by atoms with Gasteiger partial charge in [0.2, 0.25) is 5.91 Å². The van der Waals surface area contributed by atoms with Gasteiger partial charge in [0.15, 0.2) is 0 Å². The Bertz CT molecular complexity index is 623. The van der Waals surface area contributed by atoms with Crippen LogP contribution in [-0.2, 0) is 25.7 Å². The van der Waals surface area contributed by atoms with E-state index >= 15 is 0 Å². The third-order valence-electron chi connectivity index (χ3n) is 3.48. The third-order valence-corrected chi connectivity index (χ3v) is 3.48. The Balaban J connectivity index is 2.78. The van der Waals surface area contributed by atoms with Crippen LogP contribution >= 0.6 is 0 Å². The van der Waals surface area contributed by atoms with Crippen molar-refractivity contribution in [2.24, 2.45) is 0 Å². The molecular formula is C19H28N2O5. The fourth-order valence-electron chi connectivity index (χ4n) is 2.10. The van der Waals surface area contributed by atoms with Crippen molar-refractivity contribution in [1.29, 1.82) is 0 Å². The summed E-state index contributed by atoms with van der Waals surface area (Å²) < 4.78 is 10.5. The number of likely N-dealkylation sites (N-methyl/N-ethyl adjacent to an activating group) is 2. The van der Waals surface area contributed by atoms with Gasteiger partial charge in [-0.05, 0) is 26.3 Å². The van der Waals surface area contributed by atoms with Crippen LogP contribution in [0.5, 0.6) is 0 Å². The van der Waals surface area contributed by atoms with E-state index in [1.807, 2.05) is 30.3 Å². The van der Waals surface area contributed by atoms with Gasteiger partial charge in [0.05, 0.1) is 6.42 Å². The average molecular weight is 364 g/mol. The molecule has 26 heavy (non-hydrogen) atoms. The molecule has 1 rings (SSSR count). The molecule has 0 radical (unpaired) electrons. The molecule has 0 fully saturated rings. The highest BCUT2D eigenvalue weighted by Gasteiger charge is 2.33. The number of hydrogen-bond donors (Lipinski definition) is 0. The van der Waals surface area contributed by atoms with Crippen molar-refractivity contribution in [3.63, 3.8) is 0 Å². The zero-order chi connectivity index (χ0) is 19.9. The number of carbonyl (C=O) groups excluding carboxylic acids is 3. The molecule has 0 N–H and O–H groups in total. The highest BCUT2D eigenvalue weighted by molar-refractivity contribution is 5.89. The van der Waals surface area contributed by atoms with Gasteiger partial charge in [-0.2, -0.15) is 0 Å². The summed E-state index contributed by atoms with van der Waals surface area (Å²) in [5.41, 5.74) is 0.141. The van der Waals surface area contributed by atoms with Crippen LogP contribution in [0.1, 0.15) is 32.8 Å². The summed E-state index contributed by atoms with van der Waals surface area (Å²) in [4.78, 5) is 39.4. The van der Waals surface area contributed by atoms with E-state index in [-0.39, 0.29) is 18.9 Å². The Hall–Kier alpha value is -2.57. The number of carbonyl (C=O) groups is 3. The van der Waals surface area contributed by atoms with Gasteiger partial charge in [0.1, 0.15) is 18.2 Å². The van der Waals surface area contributed by atoms with Gasteiger partial charge < -0.3 is 14.4 Å². The molecule has 7 nitrogen and oxygen atoms in total. The summed E-state index contributed by atoms with van der Waals surface area (Å²) in [7, 11) is 4.56. The van der Waals surface area contributed by atoms with Crippen molar-refractivity contribution >= 4 is 18.0 Å². The molecule has 0 bridgehead atoms. The SMILES string of the molecule is CN(C)C(=O)C(CC(=O)OCc1ccccc1)N(C)C(=O)OC(C)(C)C. The molecule has 0 aliphatic rings. The van der Waals surface area contributed by atoms with Crippen molar-refractivity contribution in [1.82, 2.24) is 9.80 Å². The van der Waals surface area contributed by atoms with Crippen molar-refractivity contribution in [2.45, 2.75) is 45.4 Å². The van der Waals surface area contributed by atoms with E-state index in [4.69, 9.17) is 9.47 Å². The molecule has 1 atom stereocenters. The smallest absolute Gasteiger partial charge is 0.410 e. The molecule has 0 spiro atoms. The first kappa shape index (κ1) is 21.5. The molecule has 0 saturated heterocycles. The maximum absolute atomic E-state index is 12.4. The standard InChI is InChI=1S/C19H28N2O5/c1-19(2,3)26-18(24)21(6)15(17(23)20(4)5)12-16(22)25-13-14-10-8-7-9-11-14/h7-11,15H,12-13H2,1-6H3. The van der Waals surface area contributed by atoms with Gasteiger partial charge in [0, 0.05) is 21.1 Å². The van der Waals surface area contributed by atoms with Crippen molar-refractivity contribution in [3.05, 3.63) is 35.9 Å². The Kier molecular flexibility index (Phi) is 7.61. The summed E-state index contributed by atoms with van der Waals surface area (Å²) in [6, 6.07) is 8.23. The predicted octanol–water partition coefficient (Wildman–Crippen LogP) is 2.44. The molecule has 0 heterocycles. The van der Waals surface area contributed by atoms with Crippen molar-refractivity contribution < 1.29 is 23.9 Å². The summed E-state index contributed by atoms with van der Waals surface area (Å²) >= 11 is 0. The largest absolute Gasteiger partial charge is 0.461 e. The van der Waals surface area contributed by atoms with Crippen LogP contribution in [0.4, 0.5) is 4.79 Å². The van der Waals surface area contributed by atoms with E-state index in [2.05, 4.69) is 0 Å². The minimum absolute atomic E-state index is 0.110. The molecule has 0 aliphatic carbocycles. The van der Waals surface area contributed by atoms with E-state index in [0.29, 0.717) is 0 Å². The Morgan fingerprint density at radius 3 is 2.12 bits per heavy atom. The second-order valence-electron chi connectivity index (χ2n) is 7.19. The Labute approximate surface area is 154 Å². The van der Waals surface area contributed by atoms with Crippen molar-refractivity contribution in [3.8, 4) is 0 Å². The van der Waals surface area contributed by atoms with Crippen molar-refractivity contribution in [2.75, 3.05) is 21.1 Å². The topological polar surface area (TPSA) is 76.2 Å². The first-order chi connectivity index (χ1) is 12.0. The van der Waals surface area contributed by atoms with Crippen LogP contribution in [0.2, 0.25) is 0 Å². The molecule has 1 aromatic rings. The zero-order valence-corrected chi connectivity index (χ0v) is 16.3. The quantitative estimate of drug-likeness (QED) is 0.725. The monoisotopic (exact) mass is 364 g/mol. The Morgan fingerprint density at radius 1 is 1.04 bits per heavy atom. The molecular weight excluding hydrogens is 336 g/mol. The summed E-state index contributed by atoms with van der Waals surface area (Å²) in [5.74, 6) is -0.945. The van der Waals surface area contributed by atoms with Gasteiger partial charge in [-0.3, -0.25) is 14.5 Å². The van der Waals surface area contributed by atoms with Gasteiger partial charge in [-0.25, -0.2) is 4.79 Å². The molecule has 1 aromatic carbocycles. The lowest BCUT2D eigenvalue weighted by atomic mass is 10.1. The van der Waals surface area contributed by atoms with E-state index in [0.717, 1.165) is 10.5 Å². The molecule has 7 heteroatoms. The van der Waals surface area contributed by atoms with Gasteiger partial charge >= 0.3 is 12.1 Å². The van der Waals surface area contributed by atoms with Crippen LogP contribution < -0.4 is 0 Å². The lowest BCUT2D eigenvalue weighted by Crippen LogP contribution is -2.49. The molecule has 0 saturated carbocycles. The Morgan fingerprint density at radius 2 is 1.62 bits per heavy atom. The lowest BCUT2D eigenvalue weighted by Gasteiger charge is -2.30. The maximum Gasteiger partial charge on any atom is 0.410 e. The van der Waals surface area contributed by atoms with Gasteiger partial charge in [-0.15, -0.1) is 0 Å². The molecule has 0 aromatic heterocycles. The summed E-state index contributed by atoms with van der Waals surface area (Å²) in [6.45, 7) is 5.31. The number of ether oxygens (including phenoxy) is 2. The highest BCUT2D eigenvalue weighted by Crippen LogP contribution is 2.14. The van der Waals surface area contributed by atoms with Crippen LogP contribution in [0, 0.1) is 0 Å². The van der Waals surface area contributed by atoms with Crippen LogP contribution in [0.3, 0.4) is 0 Å². The number of benzene rings is 1. The molecule has 2 amide bonds. The number of amides is 2. The molecule has 1 unspecified atom stereocenters. The van der Waals surface area contributed by atoms with E-state index in [1.54, 1.807) is 34.9 Å². The normalized spacial score (nSPS) is 12.1. The molecule has 0 aliphatic heterocycles.